The van der Waals surface area contributed by atoms with Crippen molar-refractivity contribution in [1.29, 1.82) is 0 Å². The van der Waals surface area contributed by atoms with Gasteiger partial charge in [0.05, 0.1) is 6.21 Å². The molecular weight excluding hydrogens is 410 g/mol. The van der Waals surface area contributed by atoms with E-state index >= 15 is 0 Å². The Bertz CT molecular complexity index is 1150. The third kappa shape index (κ3) is 5.79. The molecule has 0 N–H and O–H groups in total. The van der Waals surface area contributed by atoms with Gasteiger partial charge in [0, 0.05) is 37.8 Å². The van der Waals surface area contributed by atoms with Gasteiger partial charge in [0.25, 0.3) is 5.90 Å². The summed E-state index contributed by atoms with van der Waals surface area (Å²) in [5.74, 6) is 2.07. The molecule has 1 aliphatic heterocycles. The number of likely N-dealkylation sites (tertiary alicyclic amines) is 1. The maximum Gasteiger partial charge on any atom is 0.251 e. The third-order valence-corrected chi connectivity index (χ3v) is 5.64. The van der Waals surface area contributed by atoms with Gasteiger partial charge in [-0.3, -0.25) is 9.89 Å². The lowest BCUT2D eigenvalue weighted by atomic mass is 9.97. The van der Waals surface area contributed by atoms with E-state index in [0.717, 1.165) is 29.3 Å². The topological polar surface area (TPSA) is 46.4 Å². The minimum absolute atomic E-state index is 0.240. The molecule has 5 nitrogen and oxygen atoms in total. The molecule has 1 aliphatic rings. The molecule has 0 unspecified atom stereocenters. The van der Waals surface area contributed by atoms with Crippen LogP contribution in [0.2, 0.25) is 0 Å². The SMILES string of the molecule is CN=C(O/N=C/c1ccc(CN2CC(C)C2)c2ccccc12)c1ccc(OC(C)(C)C)cc1. The molecule has 172 valence electrons. The zero-order valence-corrected chi connectivity index (χ0v) is 20.2. The maximum atomic E-state index is 5.89. The molecule has 0 spiro atoms. The number of aliphatic imine (C=N–C) groups is 1. The quantitative estimate of drug-likeness (QED) is 0.271. The number of oxime groups is 1. The molecule has 0 aliphatic carbocycles. The predicted molar refractivity (Wildman–Crippen MR) is 136 cm³/mol. The molecule has 1 heterocycles. The predicted octanol–water partition coefficient (Wildman–Crippen LogP) is 5.90. The van der Waals surface area contributed by atoms with Crippen LogP contribution in [0.1, 0.15) is 44.4 Å². The van der Waals surface area contributed by atoms with Gasteiger partial charge in [0.2, 0.25) is 0 Å². The second-order valence-corrected chi connectivity index (χ2v) is 9.75. The van der Waals surface area contributed by atoms with Crippen molar-refractivity contribution in [3.8, 4) is 5.75 Å². The van der Waals surface area contributed by atoms with Crippen LogP contribution in [-0.2, 0) is 11.4 Å². The Morgan fingerprint density at radius 3 is 2.33 bits per heavy atom. The summed E-state index contributed by atoms with van der Waals surface area (Å²) in [5, 5.41) is 6.69. The number of nitrogens with zero attached hydrogens (tertiary/aromatic N) is 3. The first-order chi connectivity index (χ1) is 15.8. The Kier molecular flexibility index (Phi) is 6.80. The van der Waals surface area contributed by atoms with Gasteiger partial charge < -0.3 is 9.57 Å². The fraction of sp³-hybridized carbons (Fsp3) is 0.357. The monoisotopic (exact) mass is 443 g/mol. The average molecular weight is 444 g/mol. The summed E-state index contributed by atoms with van der Waals surface area (Å²) in [4.78, 5) is 12.4. The van der Waals surface area contributed by atoms with Crippen molar-refractivity contribution in [2.45, 2.75) is 39.8 Å². The second-order valence-electron chi connectivity index (χ2n) is 9.75. The van der Waals surface area contributed by atoms with Gasteiger partial charge in [0.1, 0.15) is 11.4 Å². The Balaban J connectivity index is 1.47. The first-order valence-electron chi connectivity index (χ1n) is 11.5. The first kappa shape index (κ1) is 23.0. The van der Waals surface area contributed by atoms with Crippen LogP contribution in [0.5, 0.6) is 5.75 Å². The van der Waals surface area contributed by atoms with Crippen LogP contribution in [-0.4, -0.2) is 42.8 Å². The Morgan fingerprint density at radius 2 is 1.70 bits per heavy atom. The van der Waals surface area contributed by atoms with Crippen LogP contribution in [0.3, 0.4) is 0 Å². The maximum absolute atomic E-state index is 5.89. The first-order valence-corrected chi connectivity index (χ1v) is 11.5. The summed E-state index contributed by atoms with van der Waals surface area (Å²) in [6.45, 7) is 11.7. The van der Waals surface area contributed by atoms with E-state index in [1.807, 2.05) is 45.0 Å². The Labute approximate surface area is 196 Å². The standard InChI is InChI=1S/C28H33N3O2/c1-20-17-31(18-20)19-23-11-10-22(25-8-6-7-9-26(23)25)16-30-33-27(29-5)21-12-14-24(15-13-21)32-28(2,3)4/h6-16,20H,17-19H2,1-5H3/b29-27?,30-16+. The van der Waals surface area contributed by atoms with Crippen molar-refractivity contribution in [1.82, 2.24) is 4.90 Å². The van der Waals surface area contributed by atoms with E-state index in [0.29, 0.717) is 5.90 Å². The number of hydrogen-bond acceptors (Lipinski definition) is 5. The fourth-order valence-corrected chi connectivity index (χ4v) is 4.21. The molecule has 3 aromatic rings. The van der Waals surface area contributed by atoms with Crippen LogP contribution < -0.4 is 4.74 Å². The molecule has 0 atom stereocenters. The number of fused-ring (bicyclic) bond motifs is 1. The molecule has 5 heteroatoms. The van der Waals surface area contributed by atoms with Crippen LogP contribution in [0, 0.1) is 5.92 Å². The van der Waals surface area contributed by atoms with Gasteiger partial charge in [-0.05, 0) is 67.3 Å². The molecule has 0 amide bonds. The van der Waals surface area contributed by atoms with E-state index in [-0.39, 0.29) is 5.60 Å². The third-order valence-electron chi connectivity index (χ3n) is 5.64. The molecule has 0 aromatic heterocycles. The number of ether oxygens (including phenoxy) is 1. The van der Waals surface area contributed by atoms with E-state index in [9.17, 15) is 0 Å². The Hall–Kier alpha value is -3.18. The molecule has 1 fully saturated rings. The largest absolute Gasteiger partial charge is 0.488 e. The Morgan fingerprint density at radius 1 is 1.00 bits per heavy atom. The fourth-order valence-electron chi connectivity index (χ4n) is 4.21. The molecule has 33 heavy (non-hydrogen) atoms. The molecular formula is C28H33N3O2. The second kappa shape index (κ2) is 9.75. The van der Waals surface area contributed by atoms with Crippen molar-refractivity contribution in [3.05, 3.63) is 77.4 Å². The van der Waals surface area contributed by atoms with E-state index in [1.54, 1.807) is 13.3 Å². The minimum atomic E-state index is -0.240. The van der Waals surface area contributed by atoms with Gasteiger partial charge in [-0.15, -0.1) is 0 Å². The lowest BCUT2D eigenvalue weighted by Crippen LogP contribution is -2.44. The highest BCUT2D eigenvalue weighted by Crippen LogP contribution is 2.26. The molecule has 3 aromatic carbocycles. The molecule has 4 rings (SSSR count). The molecule has 0 bridgehead atoms. The van der Waals surface area contributed by atoms with Gasteiger partial charge in [-0.25, -0.2) is 0 Å². The lowest BCUT2D eigenvalue weighted by Gasteiger charge is -2.37. The smallest absolute Gasteiger partial charge is 0.251 e. The highest BCUT2D eigenvalue weighted by Gasteiger charge is 2.22. The highest BCUT2D eigenvalue weighted by molar-refractivity contribution is 6.01. The van der Waals surface area contributed by atoms with Crippen molar-refractivity contribution in [2.75, 3.05) is 20.1 Å². The normalized spacial score (nSPS) is 15.7. The van der Waals surface area contributed by atoms with E-state index in [4.69, 9.17) is 9.57 Å². The van der Waals surface area contributed by atoms with Crippen molar-refractivity contribution in [2.24, 2.45) is 16.1 Å². The number of rotatable bonds is 6. The van der Waals surface area contributed by atoms with Gasteiger partial charge in [-0.1, -0.05) is 48.5 Å². The van der Waals surface area contributed by atoms with Crippen molar-refractivity contribution < 1.29 is 9.57 Å². The summed E-state index contributed by atoms with van der Waals surface area (Å²) in [5.41, 5.74) is 2.98. The summed E-state index contributed by atoms with van der Waals surface area (Å²) in [7, 11) is 1.70. The van der Waals surface area contributed by atoms with Gasteiger partial charge in [0.15, 0.2) is 0 Å². The molecule has 0 saturated carbocycles. The van der Waals surface area contributed by atoms with Gasteiger partial charge >= 0.3 is 0 Å². The van der Waals surface area contributed by atoms with E-state index in [1.165, 1.54) is 29.4 Å². The van der Waals surface area contributed by atoms with Gasteiger partial charge in [-0.2, -0.15) is 0 Å². The van der Waals surface area contributed by atoms with Crippen LogP contribution in [0.15, 0.2) is 70.8 Å². The van der Waals surface area contributed by atoms with Crippen LogP contribution >= 0.6 is 0 Å². The molecule has 0 radical (unpaired) electrons. The van der Waals surface area contributed by atoms with Crippen LogP contribution in [0.4, 0.5) is 0 Å². The zero-order chi connectivity index (χ0) is 23.4. The summed E-state index contributed by atoms with van der Waals surface area (Å²) in [6, 6.07) is 20.5. The van der Waals surface area contributed by atoms with Crippen molar-refractivity contribution >= 4 is 22.9 Å². The highest BCUT2D eigenvalue weighted by atomic mass is 16.6. The lowest BCUT2D eigenvalue weighted by molar-refractivity contribution is 0.105. The minimum Gasteiger partial charge on any atom is -0.488 e. The number of hydrogen-bond donors (Lipinski definition) is 0. The summed E-state index contributed by atoms with van der Waals surface area (Å²) < 4.78 is 5.89. The summed E-state index contributed by atoms with van der Waals surface area (Å²) in [6.07, 6.45) is 1.76. The molecule has 1 saturated heterocycles. The summed E-state index contributed by atoms with van der Waals surface area (Å²) >= 11 is 0. The zero-order valence-electron chi connectivity index (χ0n) is 20.2. The van der Waals surface area contributed by atoms with E-state index < -0.39 is 0 Å². The number of benzene rings is 3. The van der Waals surface area contributed by atoms with Crippen molar-refractivity contribution in [3.63, 3.8) is 0 Å². The average Bonchev–Trinajstić information content (AvgIpc) is 2.76. The van der Waals surface area contributed by atoms with E-state index in [2.05, 4.69) is 58.4 Å². The van der Waals surface area contributed by atoms with Crippen LogP contribution in [0.25, 0.3) is 10.8 Å².